The summed E-state index contributed by atoms with van der Waals surface area (Å²) in [4.78, 5) is 28.0. The van der Waals surface area contributed by atoms with Gasteiger partial charge in [0.25, 0.3) is 0 Å². The predicted molar refractivity (Wildman–Crippen MR) is 62.3 cm³/mol. The summed E-state index contributed by atoms with van der Waals surface area (Å²) < 4.78 is 0. The third kappa shape index (κ3) is 3.11. The largest absolute Gasteiger partial charge is 0.478 e. The summed E-state index contributed by atoms with van der Waals surface area (Å²) in [6, 6.07) is 0. The first-order valence-corrected chi connectivity index (χ1v) is 5.58. The Kier molecular flexibility index (Phi) is 4.14. The first-order chi connectivity index (χ1) is 7.41. The topological polar surface area (TPSA) is 83.0 Å². The first kappa shape index (κ1) is 12.8. The molecule has 0 saturated heterocycles. The molecule has 0 unspecified atom stereocenters. The molecular weight excluding hydrogens is 252 g/mol. The number of carbonyl (C=O) groups is 1. The van der Waals surface area contributed by atoms with E-state index in [-0.39, 0.29) is 16.3 Å². The number of hydrogen-bond donors (Lipinski definition) is 2. The summed E-state index contributed by atoms with van der Waals surface area (Å²) in [6.07, 6.45) is 0. The number of H-pyrrole nitrogens is 1. The Morgan fingerprint density at radius 1 is 1.69 bits per heavy atom. The molecule has 16 heavy (non-hydrogen) atoms. The monoisotopic (exact) mass is 260 g/mol. The molecule has 5 nitrogen and oxygen atoms in total. The number of rotatable bonds is 4. The van der Waals surface area contributed by atoms with Crippen LogP contribution in [0.5, 0.6) is 0 Å². The average Bonchev–Trinajstić information content (AvgIpc) is 2.12. The highest BCUT2D eigenvalue weighted by Gasteiger charge is 2.16. The molecular formula is C9H9ClN2O3S. The average molecular weight is 261 g/mol. The Bertz CT molecular complexity index is 498. The van der Waals surface area contributed by atoms with Crippen molar-refractivity contribution in [2.24, 2.45) is 0 Å². The number of nitrogens with one attached hydrogen (secondary N) is 1. The number of hydrogen-bond acceptors (Lipinski definition) is 4. The third-order valence-corrected chi connectivity index (χ3v) is 3.02. The zero-order valence-corrected chi connectivity index (χ0v) is 9.98. The van der Waals surface area contributed by atoms with E-state index >= 15 is 0 Å². The van der Waals surface area contributed by atoms with Gasteiger partial charge in [0.1, 0.15) is 10.6 Å². The number of aromatic carboxylic acids is 1. The van der Waals surface area contributed by atoms with E-state index in [1.807, 2.05) is 0 Å². The van der Waals surface area contributed by atoms with Gasteiger partial charge in [-0.05, 0) is 6.92 Å². The van der Waals surface area contributed by atoms with Crippen LogP contribution in [0.3, 0.4) is 0 Å². The van der Waals surface area contributed by atoms with Crippen LogP contribution in [0, 0.1) is 6.92 Å². The fraction of sp³-hybridized carbons (Fsp3) is 0.222. The molecule has 1 rings (SSSR count). The van der Waals surface area contributed by atoms with Gasteiger partial charge in [0.05, 0.1) is 0 Å². The van der Waals surface area contributed by atoms with Crippen molar-refractivity contribution in [2.75, 3.05) is 5.75 Å². The smallest absolute Gasteiger partial charge is 0.346 e. The van der Waals surface area contributed by atoms with Gasteiger partial charge in [-0.3, -0.25) is 0 Å². The van der Waals surface area contributed by atoms with Crippen LogP contribution in [0.25, 0.3) is 0 Å². The molecule has 2 N–H and O–H groups in total. The number of nitrogens with zero attached hydrogens (tertiary/aromatic N) is 1. The van der Waals surface area contributed by atoms with Crippen LogP contribution >= 0.6 is 23.4 Å². The molecule has 0 amide bonds. The van der Waals surface area contributed by atoms with Crippen LogP contribution in [0.4, 0.5) is 0 Å². The van der Waals surface area contributed by atoms with Gasteiger partial charge in [-0.2, -0.15) is 4.98 Å². The quantitative estimate of drug-likeness (QED) is 0.635. The fourth-order valence-electron chi connectivity index (χ4n) is 1.06. The fourth-order valence-corrected chi connectivity index (χ4v) is 2.05. The van der Waals surface area contributed by atoms with Gasteiger partial charge in [-0.1, -0.05) is 29.9 Å². The van der Waals surface area contributed by atoms with Gasteiger partial charge >= 0.3 is 11.7 Å². The number of carboxylic acid groups (broad SMARTS) is 1. The lowest BCUT2D eigenvalue weighted by Crippen LogP contribution is -2.18. The highest BCUT2D eigenvalue weighted by molar-refractivity contribution is 7.99. The van der Waals surface area contributed by atoms with E-state index in [9.17, 15) is 9.59 Å². The maximum atomic E-state index is 11.1. The van der Waals surface area contributed by atoms with Crippen molar-refractivity contribution in [3.05, 3.63) is 33.4 Å². The van der Waals surface area contributed by atoms with E-state index in [2.05, 4.69) is 16.5 Å². The van der Waals surface area contributed by atoms with Crippen molar-refractivity contribution < 1.29 is 9.90 Å². The van der Waals surface area contributed by atoms with Gasteiger partial charge < -0.3 is 10.1 Å². The highest BCUT2D eigenvalue weighted by atomic mass is 35.5. The standard InChI is InChI=1S/C9H9ClN2O3S/c1-4(10)3-16-7-6(8(13)14)5(2)11-9(15)12-7/h1,3H2,2H3,(H,13,14)(H,11,12,15). The summed E-state index contributed by atoms with van der Waals surface area (Å²) in [5, 5.41) is 9.48. The lowest BCUT2D eigenvalue weighted by atomic mass is 10.2. The van der Waals surface area contributed by atoms with E-state index in [4.69, 9.17) is 16.7 Å². The predicted octanol–water partition coefficient (Wildman–Crippen LogP) is 1.62. The van der Waals surface area contributed by atoms with E-state index < -0.39 is 11.7 Å². The zero-order chi connectivity index (χ0) is 12.3. The van der Waals surface area contributed by atoms with Gasteiger partial charge in [-0.15, -0.1) is 0 Å². The van der Waals surface area contributed by atoms with E-state index in [0.717, 1.165) is 11.8 Å². The molecule has 0 atom stereocenters. The maximum absolute atomic E-state index is 11.1. The molecule has 0 spiro atoms. The van der Waals surface area contributed by atoms with Crippen molar-refractivity contribution in [1.29, 1.82) is 0 Å². The molecule has 7 heteroatoms. The second kappa shape index (κ2) is 5.18. The molecule has 86 valence electrons. The van der Waals surface area contributed by atoms with Gasteiger partial charge in [-0.25, -0.2) is 9.59 Å². The molecule has 0 aromatic carbocycles. The van der Waals surface area contributed by atoms with E-state index in [0.29, 0.717) is 10.8 Å². The second-order valence-electron chi connectivity index (χ2n) is 2.96. The number of thioether (sulfide) groups is 1. The Hall–Kier alpha value is -1.27. The third-order valence-electron chi connectivity index (χ3n) is 1.67. The molecule has 0 saturated carbocycles. The highest BCUT2D eigenvalue weighted by Crippen LogP contribution is 2.23. The molecule has 0 aliphatic rings. The molecule has 0 aliphatic heterocycles. The number of halogens is 1. The van der Waals surface area contributed by atoms with Crippen LogP contribution in [0.1, 0.15) is 16.1 Å². The summed E-state index contributed by atoms with van der Waals surface area (Å²) >= 11 is 6.63. The second-order valence-corrected chi connectivity index (χ2v) is 4.46. The molecule has 0 bridgehead atoms. The number of aromatic nitrogens is 2. The summed E-state index contributed by atoms with van der Waals surface area (Å²) in [5.41, 5.74) is -0.317. The summed E-state index contributed by atoms with van der Waals surface area (Å²) in [6.45, 7) is 4.98. The number of carboxylic acids is 1. The van der Waals surface area contributed by atoms with Gasteiger partial charge in [0.2, 0.25) is 0 Å². The number of aryl methyl sites for hydroxylation is 1. The molecule has 1 aromatic heterocycles. The Labute approximate surface area is 101 Å². The van der Waals surface area contributed by atoms with Gasteiger partial charge in [0.15, 0.2) is 0 Å². The SMILES string of the molecule is C=C(Cl)CSc1nc(=O)[nH]c(C)c1C(=O)O. The molecule has 0 radical (unpaired) electrons. The minimum Gasteiger partial charge on any atom is -0.478 e. The minimum atomic E-state index is -1.14. The Morgan fingerprint density at radius 2 is 2.31 bits per heavy atom. The normalized spacial score (nSPS) is 10.1. The minimum absolute atomic E-state index is 0.0116. The van der Waals surface area contributed by atoms with Crippen molar-refractivity contribution in [1.82, 2.24) is 9.97 Å². The van der Waals surface area contributed by atoms with Crippen LogP contribution in [-0.2, 0) is 0 Å². The van der Waals surface area contributed by atoms with Crippen molar-refractivity contribution in [2.45, 2.75) is 11.9 Å². The molecule has 1 heterocycles. The number of aromatic amines is 1. The molecule has 0 fully saturated rings. The van der Waals surface area contributed by atoms with Crippen LogP contribution in [0.2, 0.25) is 0 Å². The van der Waals surface area contributed by atoms with Gasteiger partial charge in [0, 0.05) is 16.5 Å². The Morgan fingerprint density at radius 3 is 2.81 bits per heavy atom. The summed E-state index contributed by atoms with van der Waals surface area (Å²) in [7, 11) is 0. The van der Waals surface area contributed by atoms with Crippen molar-refractivity contribution in [3.8, 4) is 0 Å². The molecule has 1 aromatic rings. The van der Waals surface area contributed by atoms with Crippen LogP contribution in [0.15, 0.2) is 21.4 Å². The van der Waals surface area contributed by atoms with Crippen LogP contribution < -0.4 is 5.69 Å². The Balaban J connectivity index is 3.19. The lowest BCUT2D eigenvalue weighted by molar-refractivity contribution is 0.0690. The van der Waals surface area contributed by atoms with Crippen LogP contribution in [-0.4, -0.2) is 26.8 Å². The molecule has 0 aliphatic carbocycles. The van der Waals surface area contributed by atoms with Crippen molar-refractivity contribution in [3.63, 3.8) is 0 Å². The first-order valence-electron chi connectivity index (χ1n) is 4.22. The summed E-state index contributed by atoms with van der Waals surface area (Å²) in [5.74, 6) is -0.832. The lowest BCUT2D eigenvalue weighted by Gasteiger charge is -2.05. The van der Waals surface area contributed by atoms with E-state index in [1.54, 1.807) is 0 Å². The van der Waals surface area contributed by atoms with E-state index in [1.165, 1.54) is 6.92 Å². The maximum Gasteiger partial charge on any atom is 0.346 e. The zero-order valence-electron chi connectivity index (χ0n) is 8.41. The van der Waals surface area contributed by atoms with Crippen molar-refractivity contribution >= 4 is 29.3 Å².